The van der Waals surface area contributed by atoms with Crippen LogP contribution in [0.5, 0.6) is 0 Å². The number of hydrogen-bond donors (Lipinski definition) is 0. The number of para-hydroxylation sites is 1. The van der Waals surface area contributed by atoms with E-state index >= 15 is 0 Å². The van der Waals surface area contributed by atoms with Gasteiger partial charge in [-0.25, -0.2) is 9.67 Å². The minimum absolute atomic E-state index is 0.359. The molecule has 1 aromatic carbocycles. The van der Waals surface area contributed by atoms with Crippen molar-refractivity contribution in [3.63, 3.8) is 0 Å². The van der Waals surface area contributed by atoms with E-state index in [0.29, 0.717) is 12.0 Å². The molecule has 0 radical (unpaired) electrons. The molecular weight excluding hydrogens is 400 g/mol. The molecule has 1 saturated carbocycles. The van der Waals surface area contributed by atoms with Gasteiger partial charge < -0.3 is 4.57 Å². The lowest BCUT2D eigenvalue weighted by atomic mass is 10.2. The third-order valence-electron chi connectivity index (χ3n) is 6.17. The summed E-state index contributed by atoms with van der Waals surface area (Å²) in [5, 5.41) is 6.09. The van der Waals surface area contributed by atoms with Gasteiger partial charge in [-0.3, -0.25) is 9.80 Å². The maximum Gasteiger partial charge on any atom is 0.199 e. The van der Waals surface area contributed by atoms with Gasteiger partial charge in [-0.15, -0.1) is 11.3 Å². The van der Waals surface area contributed by atoms with Crippen LogP contribution >= 0.6 is 23.6 Å². The number of piperazine rings is 1. The Morgan fingerprint density at radius 2 is 1.93 bits per heavy atom. The molecular formula is C21H28N6S2. The third-order valence-corrected chi connectivity index (χ3v) is 7.80. The first kappa shape index (κ1) is 19.4. The Hall–Kier alpha value is -1.61. The number of aromatic nitrogens is 4. The zero-order valence-electron chi connectivity index (χ0n) is 17.1. The Labute approximate surface area is 180 Å². The Kier molecular flexibility index (Phi) is 5.28. The predicted molar refractivity (Wildman–Crippen MR) is 120 cm³/mol. The Bertz CT molecular complexity index is 1020. The monoisotopic (exact) mass is 428 g/mol. The SMILES string of the molecule is CCn1c(C2CC2)nn(CN2CCN(C(C)c3nc4ccccc4s3)CC2)c1=S. The van der Waals surface area contributed by atoms with Gasteiger partial charge in [0.2, 0.25) is 0 Å². The van der Waals surface area contributed by atoms with Crippen molar-refractivity contribution < 1.29 is 0 Å². The maximum atomic E-state index is 5.71. The summed E-state index contributed by atoms with van der Waals surface area (Å²) in [5.74, 6) is 1.82. The van der Waals surface area contributed by atoms with E-state index in [-0.39, 0.29) is 0 Å². The van der Waals surface area contributed by atoms with E-state index in [1.54, 1.807) is 0 Å². The van der Waals surface area contributed by atoms with Gasteiger partial charge in [0.1, 0.15) is 10.8 Å². The van der Waals surface area contributed by atoms with Gasteiger partial charge in [-0.05, 0) is 51.0 Å². The lowest BCUT2D eigenvalue weighted by Crippen LogP contribution is -2.47. The van der Waals surface area contributed by atoms with Crippen molar-refractivity contribution >= 4 is 33.8 Å². The molecule has 0 N–H and O–H groups in total. The van der Waals surface area contributed by atoms with Crippen LogP contribution in [0.1, 0.15) is 49.5 Å². The van der Waals surface area contributed by atoms with E-state index in [2.05, 4.69) is 52.5 Å². The molecule has 1 atom stereocenters. The van der Waals surface area contributed by atoms with Gasteiger partial charge in [0.05, 0.1) is 22.9 Å². The number of fused-ring (bicyclic) bond motifs is 1. The maximum absolute atomic E-state index is 5.71. The molecule has 1 aliphatic heterocycles. The normalized spacial score (nSPS) is 19.8. The zero-order chi connectivity index (χ0) is 20.0. The van der Waals surface area contributed by atoms with E-state index in [0.717, 1.165) is 49.7 Å². The highest BCUT2D eigenvalue weighted by molar-refractivity contribution is 7.71. The lowest BCUT2D eigenvalue weighted by molar-refractivity contribution is 0.0787. The van der Waals surface area contributed by atoms with E-state index in [4.69, 9.17) is 22.3 Å². The first-order valence-corrected chi connectivity index (χ1v) is 11.9. The average Bonchev–Trinajstić information content (AvgIpc) is 3.42. The molecule has 2 aromatic heterocycles. The highest BCUT2D eigenvalue weighted by Gasteiger charge is 2.30. The van der Waals surface area contributed by atoms with Crippen molar-refractivity contribution in [1.82, 2.24) is 29.1 Å². The van der Waals surface area contributed by atoms with Gasteiger partial charge in [-0.2, -0.15) is 5.10 Å². The summed E-state index contributed by atoms with van der Waals surface area (Å²) in [4.78, 5) is 9.89. The number of nitrogens with zero attached hydrogens (tertiary/aromatic N) is 6. The van der Waals surface area contributed by atoms with Gasteiger partial charge in [0, 0.05) is 38.6 Å². The Morgan fingerprint density at radius 1 is 1.17 bits per heavy atom. The summed E-state index contributed by atoms with van der Waals surface area (Å²) in [6.45, 7) is 10.3. The quantitative estimate of drug-likeness (QED) is 0.549. The zero-order valence-corrected chi connectivity index (χ0v) is 18.8. The first-order chi connectivity index (χ1) is 14.1. The van der Waals surface area contributed by atoms with E-state index in [9.17, 15) is 0 Å². The van der Waals surface area contributed by atoms with Gasteiger partial charge >= 0.3 is 0 Å². The molecule has 1 saturated heterocycles. The smallest absolute Gasteiger partial charge is 0.199 e. The molecule has 3 aromatic rings. The molecule has 3 heterocycles. The lowest BCUT2D eigenvalue weighted by Gasteiger charge is -2.37. The van der Waals surface area contributed by atoms with Crippen molar-refractivity contribution in [1.29, 1.82) is 0 Å². The number of benzene rings is 1. The second-order valence-corrected chi connectivity index (χ2v) is 9.58. The highest BCUT2D eigenvalue weighted by atomic mass is 32.1. The van der Waals surface area contributed by atoms with Crippen LogP contribution in [0.15, 0.2) is 24.3 Å². The fourth-order valence-corrected chi connectivity index (χ4v) is 5.57. The second-order valence-electron chi connectivity index (χ2n) is 8.15. The standard InChI is InChI=1S/C21H28N6S2/c1-3-26-19(16-8-9-16)23-27(21(26)28)14-24-10-12-25(13-11-24)15(2)20-22-17-6-4-5-7-18(17)29-20/h4-7,15-16H,3,8-14H2,1-2H3. The fourth-order valence-electron chi connectivity index (χ4n) is 4.20. The Morgan fingerprint density at radius 3 is 2.62 bits per heavy atom. The molecule has 0 amide bonds. The minimum Gasteiger partial charge on any atom is -0.304 e. The third kappa shape index (κ3) is 3.79. The molecule has 154 valence electrons. The van der Waals surface area contributed by atoms with Crippen molar-refractivity contribution in [2.75, 3.05) is 26.2 Å². The largest absolute Gasteiger partial charge is 0.304 e. The molecule has 0 spiro atoms. The van der Waals surface area contributed by atoms with Gasteiger partial charge in [-0.1, -0.05) is 12.1 Å². The van der Waals surface area contributed by atoms with Crippen LogP contribution in [0, 0.1) is 4.77 Å². The van der Waals surface area contributed by atoms with Crippen LogP contribution in [0.2, 0.25) is 0 Å². The van der Waals surface area contributed by atoms with Crippen molar-refractivity contribution in [2.24, 2.45) is 0 Å². The van der Waals surface area contributed by atoms with Crippen LogP contribution in [0.3, 0.4) is 0 Å². The molecule has 2 aliphatic rings. The highest BCUT2D eigenvalue weighted by Crippen LogP contribution is 2.39. The van der Waals surface area contributed by atoms with Crippen molar-refractivity contribution in [3.05, 3.63) is 39.9 Å². The summed E-state index contributed by atoms with van der Waals surface area (Å²) in [6.07, 6.45) is 2.52. The molecule has 0 bridgehead atoms. The molecule has 1 unspecified atom stereocenters. The Balaban J connectivity index is 1.23. The molecule has 8 heteroatoms. The molecule has 29 heavy (non-hydrogen) atoms. The summed E-state index contributed by atoms with van der Waals surface area (Å²) in [7, 11) is 0. The van der Waals surface area contributed by atoms with E-state index in [1.807, 2.05) is 16.0 Å². The van der Waals surface area contributed by atoms with Crippen LogP contribution in [-0.2, 0) is 13.2 Å². The van der Waals surface area contributed by atoms with Crippen LogP contribution < -0.4 is 0 Å². The summed E-state index contributed by atoms with van der Waals surface area (Å²) < 4.78 is 6.41. The molecule has 5 rings (SSSR count). The number of thiazole rings is 1. The second kappa shape index (κ2) is 7.91. The summed E-state index contributed by atoms with van der Waals surface area (Å²) in [5.41, 5.74) is 1.12. The predicted octanol–water partition coefficient (Wildman–Crippen LogP) is 4.26. The first-order valence-electron chi connectivity index (χ1n) is 10.6. The van der Waals surface area contributed by atoms with E-state index < -0.39 is 0 Å². The average molecular weight is 429 g/mol. The minimum atomic E-state index is 0.359. The topological polar surface area (TPSA) is 42.1 Å². The van der Waals surface area contributed by atoms with Gasteiger partial charge in [0.25, 0.3) is 0 Å². The van der Waals surface area contributed by atoms with E-state index in [1.165, 1.54) is 28.4 Å². The van der Waals surface area contributed by atoms with Crippen molar-refractivity contribution in [3.8, 4) is 0 Å². The molecule has 1 aliphatic carbocycles. The summed E-state index contributed by atoms with van der Waals surface area (Å²) in [6, 6.07) is 8.78. The molecule has 6 nitrogen and oxygen atoms in total. The number of hydrogen-bond acceptors (Lipinski definition) is 6. The fraction of sp³-hybridized carbons (Fsp3) is 0.571. The van der Waals surface area contributed by atoms with Crippen molar-refractivity contribution in [2.45, 2.75) is 51.9 Å². The van der Waals surface area contributed by atoms with Gasteiger partial charge in [0.15, 0.2) is 4.77 Å². The molecule has 2 fully saturated rings. The van der Waals surface area contributed by atoms with Crippen LogP contribution in [-0.4, -0.2) is 55.3 Å². The van der Waals surface area contributed by atoms with Crippen LogP contribution in [0.4, 0.5) is 0 Å². The number of rotatable bonds is 6. The van der Waals surface area contributed by atoms with Crippen LogP contribution in [0.25, 0.3) is 10.2 Å². The summed E-state index contributed by atoms with van der Waals surface area (Å²) >= 11 is 7.53.